The molecule has 0 aliphatic heterocycles. The quantitative estimate of drug-likeness (QED) is 0.629. The van der Waals surface area contributed by atoms with E-state index in [0.717, 1.165) is 4.90 Å². The van der Waals surface area contributed by atoms with Crippen LogP contribution in [0, 0.1) is 0 Å². The summed E-state index contributed by atoms with van der Waals surface area (Å²) in [6, 6.07) is -0.441. The van der Waals surface area contributed by atoms with E-state index in [2.05, 4.69) is 6.58 Å². The number of carboxylic acid groups (broad SMARTS) is 1. The van der Waals surface area contributed by atoms with E-state index in [1.807, 2.05) is 0 Å². The second-order valence-corrected chi connectivity index (χ2v) is 3.58. The van der Waals surface area contributed by atoms with E-state index in [1.165, 1.54) is 18.0 Å². The number of amides is 2. The Bertz CT molecular complexity index is 266. The van der Waals surface area contributed by atoms with Crippen LogP contribution < -0.4 is 0 Å². The van der Waals surface area contributed by atoms with Crippen molar-refractivity contribution < 1.29 is 19.8 Å². The van der Waals surface area contributed by atoms with Crippen molar-refractivity contribution >= 4 is 12.0 Å². The van der Waals surface area contributed by atoms with Crippen molar-refractivity contribution in [3.63, 3.8) is 0 Å². The molecule has 0 radical (unpaired) electrons. The zero-order valence-corrected chi connectivity index (χ0v) is 9.59. The molecule has 2 amide bonds. The highest BCUT2D eigenvalue weighted by atomic mass is 16.4. The van der Waals surface area contributed by atoms with Crippen LogP contribution in [0.3, 0.4) is 0 Å². The van der Waals surface area contributed by atoms with E-state index in [1.54, 1.807) is 6.92 Å². The van der Waals surface area contributed by atoms with Gasteiger partial charge in [-0.1, -0.05) is 6.08 Å². The summed E-state index contributed by atoms with van der Waals surface area (Å²) in [4.78, 5) is 24.7. The number of carboxylic acids is 1. The summed E-state index contributed by atoms with van der Waals surface area (Å²) in [5.41, 5.74) is 0. The molecule has 0 spiro atoms. The van der Waals surface area contributed by atoms with E-state index in [4.69, 9.17) is 10.2 Å². The second-order valence-electron chi connectivity index (χ2n) is 3.58. The molecule has 0 aromatic heterocycles. The van der Waals surface area contributed by atoms with Gasteiger partial charge in [0.2, 0.25) is 0 Å². The Morgan fingerprint density at radius 1 is 1.50 bits per heavy atom. The Labute approximate surface area is 94.8 Å². The second kappa shape index (κ2) is 6.84. The average molecular weight is 230 g/mol. The lowest BCUT2D eigenvalue weighted by molar-refractivity contribution is -0.137. The summed E-state index contributed by atoms with van der Waals surface area (Å²) in [5, 5.41) is 17.7. The molecule has 2 N–H and O–H groups in total. The Balaban J connectivity index is 4.46. The van der Waals surface area contributed by atoms with Gasteiger partial charge in [0.15, 0.2) is 0 Å². The first-order valence-corrected chi connectivity index (χ1v) is 4.89. The number of likely N-dealkylation sites (N-methyl/N-ethyl adjacent to an activating group) is 1. The standard InChI is InChI=1S/C10H18N2O4/c1-4-5-12(7-9(14)15)10(16)11(3)6-8(2)13/h4,8,13H,1,5-7H2,2-3H3,(H,14,15). The molecule has 0 rings (SSSR count). The molecule has 0 saturated carbocycles. The van der Waals surface area contributed by atoms with Crippen LogP contribution in [0.1, 0.15) is 6.92 Å². The molecule has 1 atom stereocenters. The summed E-state index contributed by atoms with van der Waals surface area (Å²) in [6.07, 6.45) is 0.807. The number of rotatable bonds is 6. The van der Waals surface area contributed by atoms with Crippen molar-refractivity contribution in [1.29, 1.82) is 0 Å². The molecule has 0 fully saturated rings. The lowest BCUT2D eigenvalue weighted by Crippen LogP contribution is -2.45. The maximum absolute atomic E-state index is 11.7. The number of hydrogen-bond donors (Lipinski definition) is 2. The van der Waals surface area contributed by atoms with Gasteiger partial charge in [-0.3, -0.25) is 4.79 Å². The van der Waals surface area contributed by atoms with E-state index >= 15 is 0 Å². The summed E-state index contributed by atoms with van der Waals surface area (Å²) >= 11 is 0. The van der Waals surface area contributed by atoms with Gasteiger partial charge in [-0.25, -0.2) is 4.79 Å². The molecule has 0 aliphatic rings. The smallest absolute Gasteiger partial charge is 0.323 e. The highest BCUT2D eigenvalue weighted by Crippen LogP contribution is 1.99. The number of aliphatic hydroxyl groups is 1. The van der Waals surface area contributed by atoms with Gasteiger partial charge < -0.3 is 20.0 Å². The maximum Gasteiger partial charge on any atom is 0.323 e. The molecular weight excluding hydrogens is 212 g/mol. The van der Waals surface area contributed by atoms with E-state index < -0.39 is 18.1 Å². The summed E-state index contributed by atoms with van der Waals surface area (Å²) in [7, 11) is 1.51. The lowest BCUT2D eigenvalue weighted by atomic mass is 10.4. The predicted molar refractivity (Wildman–Crippen MR) is 59.1 cm³/mol. The first kappa shape index (κ1) is 14.4. The zero-order chi connectivity index (χ0) is 12.7. The Morgan fingerprint density at radius 2 is 2.06 bits per heavy atom. The lowest BCUT2D eigenvalue weighted by Gasteiger charge is -2.26. The van der Waals surface area contributed by atoms with Crippen LogP contribution in [0.25, 0.3) is 0 Å². The first-order valence-electron chi connectivity index (χ1n) is 4.89. The fraction of sp³-hybridized carbons (Fsp3) is 0.600. The Kier molecular flexibility index (Phi) is 6.17. The molecule has 6 nitrogen and oxygen atoms in total. The van der Waals surface area contributed by atoms with Crippen molar-refractivity contribution in [1.82, 2.24) is 9.80 Å². The van der Waals surface area contributed by atoms with Gasteiger partial charge >= 0.3 is 12.0 Å². The highest BCUT2D eigenvalue weighted by molar-refractivity contribution is 5.80. The molecule has 0 aromatic rings. The SMILES string of the molecule is C=CCN(CC(=O)O)C(=O)N(C)CC(C)O. The molecule has 6 heteroatoms. The topological polar surface area (TPSA) is 81.1 Å². The van der Waals surface area contributed by atoms with Crippen molar-refractivity contribution in [2.45, 2.75) is 13.0 Å². The number of aliphatic hydroxyl groups excluding tert-OH is 1. The highest BCUT2D eigenvalue weighted by Gasteiger charge is 2.19. The number of hydrogen-bond acceptors (Lipinski definition) is 3. The summed E-state index contributed by atoms with van der Waals surface area (Å²) < 4.78 is 0. The van der Waals surface area contributed by atoms with Gasteiger partial charge in [-0.15, -0.1) is 6.58 Å². The third-order valence-corrected chi connectivity index (χ3v) is 1.81. The van der Waals surface area contributed by atoms with E-state index in [0.29, 0.717) is 0 Å². The van der Waals surface area contributed by atoms with Crippen LogP contribution in [0.5, 0.6) is 0 Å². The van der Waals surface area contributed by atoms with Crippen LogP contribution in [-0.4, -0.2) is 64.8 Å². The zero-order valence-electron chi connectivity index (χ0n) is 9.59. The molecule has 16 heavy (non-hydrogen) atoms. The number of carbonyl (C=O) groups is 2. The number of nitrogens with zero attached hydrogens (tertiary/aromatic N) is 2. The normalized spacial score (nSPS) is 11.7. The van der Waals surface area contributed by atoms with Gasteiger partial charge in [-0.2, -0.15) is 0 Å². The van der Waals surface area contributed by atoms with Crippen molar-refractivity contribution in [2.24, 2.45) is 0 Å². The minimum atomic E-state index is -1.08. The minimum absolute atomic E-state index is 0.159. The number of aliphatic carboxylic acids is 1. The third-order valence-electron chi connectivity index (χ3n) is 1.81. The van der Waals surface area contributed by atoms with Crippen molar-refractivity contribution in [2.75, 3.05) is 26.7 Å². The molecule has 0 saturated heterocycles. The summed E-state index contributed by atoms with van der Waals surface area (Å²) in [5.74, 6) is -1.08. The first-order chi connectivity index (χ1) is 7.38. The Hall–Kier alpha value is -1.56. The number of carbonyl (C=O) groups excluding carboxylic acids is 1. The van der Waals surface area contributed by atoms with Gasteiger partial charge in [-0.05, 0) is 6.92 Å². The Morgan fingerprint density at radius 3 is 2.44 bits per heavy atom. The third kappa shape index (κ3) is 5.35. The van der Waals surface area contributed by atoms with E-state index in [9.17, 15) is 9.59 Å². The molecule has 0 bridgehead atoms. The van der Waals surface area contributed by atoms with E-state index in [-0.39, 0.29) is 19.6 Å². The van der Waals surface area contributed by atoms with Crippen LogP contribution in [0.15, 0.2) is 12.7 Å². The largest absolute Gasteiger partial charge is 0.480 e. The van der Waals surface area contributed by atoms with Crippen LogP contribution >= 0.6 is 0 Å². The van der Waals surface area contributed by atoms with Crippen LogP contribution in [0.4, 0.5) is 4.79 Å². The molecular formula is C10H18N2O4. The van der Waals surface area contributed by atoms with Crippen LogP contribution in [-0.2, 0) is 4.79 Å². The number of urea groups is 1. The monoisotopic (exact) mass is 230 g/mol. The van der Waals surface area contributed by atoms with Gasteiger partial charge in [0.1, 0.15) is 6.54 Å². The maximum atomic E-state index is 11.7. The van der Waals surface area contributed by atoms with Crippen LogP contribution in [0.2, 0.25) is 0 Å². The molecule has 1 unspecified atom stereocenters. The molecule has 92 valence electrons. The minimum Gasteiger partial charge on any atom is -0.480 e. The fourth-order valence-corrected chi connectivity index (χ4v) is 1.25. The van der Waals surface area contributed by atoms with Crippen molar-refractivity contribution in [3.8, 4) is 0 Å². The fourth-order valence-electron chi connectivity index (χ4n) is 1.25. The van der Waals surface area contributed by atoms with Gasteiger partial charge in [0.05, 0.1) is 6.10 Å². The molecule has 0 aliphatic carbocycles. The predicted octanol–water partition coefficient (Wildman–Crippen LogP) is -0.00840. The van der Waals surface area contributed by atoms with Crippen molar-refractivity contribution in [3.05, 3.63) is 12.7 Å². The van der Waals surface area contributed by atoms with Gasteiger partial charge in [0.25, 0.3) is 0 Å². The molecule has 0 heterocycles. The average Bonchev–Trinajstić information content (AvgIpc) is 2.14. The summed E-state index contributed by atoms with van der Waals surface area (Å²) in [6.45, 7) is 4.95. The van der Waals surface area contributed by atoms with Gasteiger partial charge in [0, 0.05) is 20.1 Å². The molecule has 0 aromatic carbocycles.